The fourth-order valence-corrected chi connectivity index (χ4v) is 11.9. The lowest BCUT2D eigenvalue weighted by Crippen LogP contribution is -2.49. The number of aliphatic hydroxyl groups is 1. The first-order valence-electron chi connectivity index (χ1n) is 17.4. The Bertz CT molecular complexity index is 1050. The van der Waals surface area contributed by atoms with Crippen molar-refractivity contribution in [3.63, 3.8) is 0 Å². The van der Waals surface area contributed by atoms with Gasteiger partial charge in [0.25, 0.3) is 0 Å². The monoisotopic (exact) mass is 714 g/mol. The molecule has 0 radical (unpaired) electrons. The smallest absolute Gasteiger partial charge is 0.192 e. The molecule has 0 saturated carbocycles. The molecule has 0 amide bonds. The third-order valence-corrected chi connectivity index (χ3v) is 22.7. The summed E-state index contributed by atoms with van der Waals surface area (Å²) in [4.78, 5) is 0. The summed E-state index contributed by atoms with van der Waals surface area (Å²) in [6.45, 7) is 28.8. The van der Waals surface area contributed by atoms with Crippen molar-refractivity contribution >= 4 is 40.2 Å². The molecule has 0 aliphatic carbocycles. The predicted molar refractivity (Wildman–Crippen MR) is 202 cm³/mol. The maximum Gasteiger partial charge on any atom is 0.192 e. The zero-order valence-corrected chi connectivity index (χ0v) is 34.7. The van der Waals surface area contributed by atoms with Gasteiger partial charge in [0, 0.05) is 12.5 Å². The van der Waals surface area contributed by atoms with Crippen LogP contribution in [0.25, 0.3) is 0 Å². The SMILES string of the molecule is CC1(C)OC[C@H](C[C@H](O)CC2(C[C@H](C[C@H](COCc3ccccc3)O[Si](C)(C)C(C)(C)C)O[Si](C)(C)C(C)(C)C)SCCCS2)O1. The van der Waals surface area contributed by atoms with Gasteiger partial charge in [0.2, 0.25) is 0 Å². The highest BCUT2D eigenvalue weighted by Crippen LogP contribution is 2.51. The average Bonchev–Trinajstić information content (AvgIpc) is 3.25. The molecule has 2 aliphatic rings. The minimum absolute atomic E-state index is 0.00807. The Balaban J connectivity index is 1.86. The standard InChI is InChI=1S/C36H66O6S2Si2/c1-33(2,3)45(9,10)41-30(22-32(42-46(11,12)34(4,5)6)26-38-25-28-17-14-13-15-18-28)24-36(43-19-16-20-44-36)23-29(37)21-31-27-39-35(7,8)40-31/h13-15,17-18,29-32,37H,16,19-27H2,1-12H3/t29-,30-,31-,32+/m0/s1. The molecule has 1 aromatic rings. The highest BCUT2D eigenvalue weighted by Gasteiger charge is 2.46. The summed E-state index contributed by atoms with van der Waals surface area (Å²) in [7, 11) is -4.21. The first-order valence-corrected chi connectivity index (χ1v) is 25.2. The maximum absolute atomic E-state index is 11.5. The number of ether oxygens (including phenoxy) is 3. The molecule has 266 valence electrons. The van der Waals surface area contributed by atoms with Crippen LogP contribution in [0.15, 0.2) is 30.3 Å². The van der Waals surface area contributed by atoms with Gasteiger partial charge in [0.15, 0.2) is 22.4 Å². The van der Waals surface area contributed by atoms with E-state index in [0.29, 0.717) is 32.7 Å². The molecular weight excluding hydrogens is 649 g/mol. The van der Waals surface area contributed by atoms with E-state index >= 15 is 0 Å². The third kappa shape index (κ3) is 12.5. The lowest BCUT2D eigenvalue weighted by atomic mass is 10.0. The van der Waals surface area contributed by atoms with Crippen molar-refractivity contribution in [3.8, 4) is 0 Å². The molecular formula is C36H66O6S2Si2. The van der Waals surface area contributed by atoms with Crippen LogP contribution < -0.4 is 0 Å². The van der Waals surface area contributed by atoms with Crippen LogP contribution in [-0.2, 0) is 29.7 Å². The van der Waals surface area contributed by atoms with E-state index in [1.54, 1.807) is 0 Å². The molecule has 3 rings (SSSR count). The highest BCUT2D eigenvalue weighted by molar-refractivity contribution is 8.18. The molecule has 4 atom stereocenters. The minimum Gasteiger partial charge on any atom is -0.414 e. The highest BCUT2D eigenvalue weighted by atomic mass is 32.2. The second-order valence-electron chi connectivity index (χ2n) is 16.9. The van der Waals surface area contributed by atoms with Crippen LogP contribution in [0.3, 0.4) is 0 Å². The van der Waals surface area contributed by atoms with E-state index in [9.17, 15) is 5.11 Å². The molecule has 0 aromatic heterocycles. The molecule has 2 aliphatic heterocycles. The number of hydrogen-bond acceptors (Lipinski definition) is 8. The molecule has 2 saturated heterocycles. The Hall–Kier alpha value is 0.114. The Morgan fingerprint density at radius 3 is 1.98 bits per heavy atom. The zero-order chi connectivity index (χ0) is 34.4. The maximum atomic E-state index is 11.5. The van der Waals surface area contributed by atoms with Crippen LogP contribution in [0.1, 0.15) is 93.1 Å². The summed E-state index contributed by atoms with van der Waals surface area (Å²) in [6, 6.07) is 10.4. The number of aliphatic hydroxyl groups excluding tert-OH is 1. The molecule has 1 aromatic carbocycles. The minimum atomic E-state index is -2.12. The molecule has 46 heavy (non-hydrogen) atoms. The summed E-state index contributed by atoms with van der Waals surface area (Å²) in [6.07, 6.45) is 3.50. The topological polar surface area (TPSA) is 66.4 Å². The van der Waals surface area contributed by atoms with Crippen molar-refractivity contribution < 1.29 is 28.2 Å². The molecule has 10 heteroatoms. The van der Waals surface area contributed by atoms with Crippen LogP contribution in [0.5, 0.6) is 0 Å². The summed E-state index contributed by atoms with van der Waals surface area (Å²) in [5, 5.41) is 11.7. The Kier molecular flexibility index (Phi) is 14.5. The van der Waals surface area contributed by atoms with Crippen LogP contribution in [0, 0.1) is 0 Å². The fourth-order valence-electron chi connectivity index (χ4n) is 5.59. The summed E-state index contributed by atoms with van der Waals surface area (Å²) in [5.41, 5.74) is 1.17. The van der Waals surface area contributed by atoms with E-state index in [0.717, 1.165) is 24.3 Å². The number of thioether (sulfide) groups is 2. The van der Waals surface area contributed by atoms with Crippen molar-refractivity contribution in [2.45, 2.75) is 165 Å². The van der Waals surface area contributed by atoms with Gasteiger partial charge in [0.1, 0.15) is 0 Å². The van der Waals surface area contributed by atoms with E-state index < -0.39 is 28.5 Å². The number of rotatable bonds is 16. The first kappa shape index (κ1) is 40.5. The van der Waals surface area contributed by atoms with Crippen molar-refractivity contribution in [2.24, 2.45) is 0 Å². The first-order chi connectivity index (χ1) is 21.1. The fraction of sp³-hybridized carbons (Fsp3) is 0.833. The van der Waals surface area contributed by atoms with E-state index in [-0.39, 0.29) is 32.5 Å². The van der Waals surface area contributed by atoms with Gasteiger partial charge in [0.05, 0.1) is 42.2 Å². The Labute approximate surface area is 292 Å². The van der Waals surface area contributed by atoms with Gasteiger partial charge in [-0.3, -0.25) is 0 Å². The lowest BCUT2D eigenvalue weighted by Gasteiger charge is -2.46. The zero-order valence-electron chi connectivity index (χ0n) is 31.1. The van der Waals surface area contributed by atoms with Crippen molar-refractivity contribution in [1.82, 2.24) is 0 Å². The predicted octanol–water partition coefficient (Wildman–Crippen LogP) is 9.62. The van der Waals surface area contributed by atoms with Crippen LogP contribution in [0.4, 0.5) is 0 Å². The van der Waals surface area contributed by atoms with E-state index in [1.807, 2.05) is 43.4 Å². The quantitative estimate of drug-likeness (QED) is 0.170. The molecule has 2 fully saturated rings. The van der Waals surface area contributed by atoms with E-state index in [1.165, 1.54) is 12.0 Å². The van der Waals surface area contributed by atoms with E-state index in [4.69, 9.17) is 23.1 Å². The second-order valence-corrected chi connectivity index (χ2v) is 29.7. The van der Waals surface area contributed by atoms with Gasteiger partial charge in [-0.05, 0) is 92.9 Å². The summed E-state index contributed by atoms with van der Waals surface area (Å²) < 4.78 is 32.6. The van der Waals surface area contributed by atoms with E-state index in [2.05, 4.69) is 92.0 Å². The largest absolute Gasteiger partial charge is 0.414 e. The average molecular weight is 715 g/mol. The molecule has 1 N–H and O–H groups in total. The molecule has 6 nitrogen and oxygen atoms in total. The van der Waals surface area contributed by atoms with Crippen molar-refractivity contribution in [2.75, 3.05) is 24.7 Å². The van der Waals surface area contributed by atoms with Crippen molar-refractivity contribution in [1.29, 1.82) is 0 Å². The molecule has 0 bridgehead atoms. The Morgan fingerprint density at radius 1 is 0.891 bits per heavy atom. The lowest BCUT2D eigenvalue weighted by molar-refractivity contribution is -0.141. The van der Waals surface area contributed by atoms with Gasteiger partial charge in [-0.25, -0.2) is 0 Å². The normalized spacial score (nSPS) is 22.8. The van der Waals surface area contributed by atoms with Gasteiger partial charge in [-0.15, -0.1) is 23.5 Å². The number of hydrogen-bond donors (Lipinski definition) is 1. The van der Waals surface area contributed by atoms with Crippen molar-refractivity contribution in [3.05, 3.63) is 35.9 Å². The van der Waals surface area contributed by atoms with Crippen LogP contribution in [0.2, 0.25) is 36.3 Å². The van der Waals surface area contributed by atoms with Crippen LogP contribution >= 0.6 is 23.5 Å². The summed E-state index contributed by atoms with van der Waals surface area (Å²) >= 11 is 4.04. The van der Waals surface area contributed by atoms with Gasteiger partial charge >= 0.3 is 0 Å². The molecule has 0 spiro atoms. The summed E-state index contributed by atoms with van der Waals surface area (Å²) in [5.74, 6) is 1.62. The van der Waals surface area contributed by atoms with Crippen LogP contribution in [-0.4, -0.2) is 80.7 Å². The molecule has 0 unspecified atom stereocenters. The second kappa shape index (κ2) is 16.4. The molecule has 2 heterocycles. The van der Waals surface area contributed by atoms with Gasteiger partial charge < -0.3 is 28.2 Å². The van der Waals surface area contributed by atoms with Gasteiger partial charge in [-0.2, -0.15) is 0 Å². The third-order valence-electron chi connectivity index (χ3n) is 10.2. The Morgan fingerprint density at radius 2 is 1.46 bits per heavy atom. The van der Waals surface area contributed by atoms with Gasteiger partial charge in [-0.1, -0.05) is 71.9 Å². The number of benzene rings is 1.